The zero-order chi connectivity index (χ0) is 12.5. The number of fused-ring (bicyclic) bond motifs is 1. The van der Waals surface area contributed by atoms with Gasteiger partial charge in [-0.2, -0.15) is 0 Å². The van der Waals surface area contributed by atoms with Crippen LogP contribution < -0.4 is 4.90 Å². The molecular formula is C16H19NO. The smallest absolute Gasteiger partial charge is 0.139 e. The second-order valence-electron chi connectivity index (χ2n) is 5.21. The number of anilines is 1. The number of rotatable bonds is 1. The van der Waals surface area contributed by atoms with Crippen LogP contribution in [0.5, 0.6) is 5.75 Å². The van der Waals surface area contributed by atoms with E-state index in [1.807, 2.05) is 12.1 Å². The van der Waals surface area contributed by atoms with Crippen LogP contribution in [0.15, 0.2) is 30.3 Å². The fourth-order valence-corrected chi connectivity index (χ4v) is 2.87. The fourth-order valence-electron chi connectivity index (χ4n) is 2.87. The summed E-state index contributed by atoms with van der Waals surface area (Å²) in [5.41, 5.74) is 2.28. The minimum Gasteiger partial charge on any atom is -0.506 e. The molecule has 0 amide bonds. The summed E-state index contributed by atoms with van der Waals surface area (Å²) in [5.74, 6) is 0.410. The van der Waals surface area contributed by atoms with Crippen molar-refractivity contribution < 1.29 is 5.11 Å². The summed E-state index contributed by atoms with van der Waals surface area (Å²) < 4.78 is 0. The van der Waals surface area contributed by atoms with Gasteiger partial charge in [-0.15, -0.1) is 0 Å². The van der Waals surface area contributed by atoms with Crippen LogP contribution in [0.2, 0.25) is 0 Å². The van der Waals surface area contributed by atoms with E-state index < -0.39 is 0 Å². The molecule has 0 unspecified atom stereocenters. The molecule has 2 aromatic rings. The molecule has 0 aromatic heterocycles. The van der Waals surface area contributed by atoms with Crippen molar-refractivity contribution in [3.8, 4) is 5.75 Å². The van der Waals surface area contributed by atoms with Gasteiger partial charge in [0.2, 0.25) is 0 Å². The van der Waals surface area contributed by atoms with E-state index in [0.717, 1.165) is 18.8 Å². The third kappa shape index (κ3) is 1.92. The van der Waals surface area contributed by atoms with E-state index in [0.29, 0.717) is 5.75 Å². The zero-order valence-electron chi connectivity index (χ0n) is 10.8. The summed E-state index contributed by atoms with van der Waals surface area (Å²) in [7, 11) is 0. The maximum atomic E-state index is 10.2. The number of nitrogens with zero attached hydrogens (tertiary/aromatic N) is 1. The molecule has 0 aliphatic carbocycles. The lowest BCUT2D eigenvalue weighted by Crippen LogP contribution is -2.29. The molecule has 1 aliphatic rings. The summed E-state index contributed by atoms with van der Waals surface area (Å²) in [6.07, 6.45) is 3.75. The van der Waals surface area contributed by atoms with Crippen molar-refractivity contribution in [2.45, 2.75) is 26.2 Å². The quantitative estimate of drug-likeness (QED) is 0.820. The second-order valence-corrected chi connectivity index (χ2v) is 5.21. The molecule has 0 radical (unpaired) electrons. The minimum atomic E-state index is 0.410. The molecule has 0 spiro atoms. The Labute approximate surface area is 108 Å². The molecule has 94 valence electrons. The molecule has 1 N–H and O–H groups in total. The Hall–Kier alpha value is -1.70. The number of benzene rings is 2. The molecule has 1 heterocycles. The standard InChI is InChI=1S/C16H19NO/c1-12-5-7-14-13(11-12)6-8-15(18)16(14)17-9-3-2-4-10-17/h5-8,11,18H,2-4,9-10H2,1H3. The van der Waals surface area contributed by atoms with E-state index in [1.54, 1.807) is 0 Å². The monoisotopic (exact) mass is 241 g/mol. The number of phenols is 1. The highest BCUT2D eigenvalue weighted by atomic mass is 16.3. The van der Waals surface area contributed by atoms with Crippen LogP contribution in [-0.2, 0) is 0 Å². The van der Waals surface area contributed by atoms with Crippen molar-refractivity contribution in [3.63, 3.8) is 0 Å². The predicted octanol–water partition coefficient (Wildman–Crippen LogP) is 3.84. The maximum Gasteiger partial charge on any atom is 0.139 e. The van der Waals surface area contributed by atoms with Crippen molar-refractivity contribution in [2.75, 3.05) is 18.0 Å². The van der Waals surface area contributed by atoms with Crippen LogP contribution in [0.25, 0.3) is 10.8 Å². The summed E-state index contributed by atoms with van der Waals surface area (Å²) in [5, 5.41) is 12.6. The number of piperidine rings is 1. The van der Waals surface area contributed by atoms with Crippen LogP contribution >= 0.6 is 0 Å². The summed E-state index contributed by atoms with van der Waals surface area (Å²) in [6.45, 7) is 4.22. The van der Waals surface area contributed by atoms with Gasteiger partial charge in [-0.1, -0.05) is 29.8 Å². The van der Waals surface area contributed by atoms with Gasteiger partial charge in [0, 0.05) is 18.5 Å². The Morgan fingerprint density at radius 1 is 1.00 bits per heavy atom. The Morgan fingerprint density at radius 3 is 2.56 bits per heavy atom. The Kier molecular flexibility index (Phi) is 2.86. The van der Waals surface area contributed by atoms with Gasteiger partial charge < -0.3 is 10.0 Å². The van der Waals surface area contributed by atoms with Crippen LogP contribution in [-0.4, -0.2) is 18.2 Å². The van der Waals surface area contributed by atoms with Crippen molar-refractivity contribution in [3.05, 3.63) is 35.9 Å². The molecule has 0 atom stereocenters. The first-order chi connectivity index (χ1) is 8.75. The molecule has 1 saturated heterocycles. The molecule has 0 saturated carbocycles. The highest BCUT2D eigenvalue weighted by Crippen LogP contribution is 2.37. The average molecular weight is 241 g/mol. The van der Waals surface area contributed by atoms with Crippen molar-refractivity contribution in [2.24, 2.45) is 0 Å². The Morgan fingerprint density at radius 2 is 1.78 bits per heavy atom. The van der Waals surface area contributed by atoms with Gasteiger partial charge in [0.1, 0.15) is 5.75 Å². The SMILES string of the molecule is Cc1ccc2c(N3CCCCC3)c(O)ccc2c1. The average Bonchev–Trinajstić information content (AvgIpc) is 2.40. The van der Waals surface area contributed by atoms with Crippen LogP contribution in [0, 0.1) is 6.92 Å². The molecule has 2 heteroatoms. The first kappa shape index (κ1) is 11.4. The summed E-state index contributed by atoms with van der Waals surface area (Å²) in [4.78, 5) is 2.33. The molecule has 3 rings (SSSR count). The maximum absolute atomic E-state index is 10.2. The van der Waals surface area contributed by atoms with Gasteiger partial charge in [0.25, 0.3) is 0 Å². The van der Waals surface area contributed by atoms with Gasteiger partial charge in [0.15, 0.2) is 0 Å². The summed E-state index contributed by atoms with van der Waals surface area (Å²) in [6, 6.07) is 10.3. The Bertz CT molecular complexity index is 571. The second kappa shape index (κ2) is 4.52. The van der Waals surface area contributed by atoms with Crippen molar-refractivity contribution in [1.29, 1.82) is 0 Å². The largest absolute Gasteiger partial charge is 0.506 e. The van der Waals surface area contributed by atoms with Gasteiger partial charge in [-0.25, -0.2) is 0 Å². The van der Waals surface area contributed by atoms with Crippen LogP contribution in [0.1, 0.15) is 24.8 Å². The van der Waals surface area contributed by atoms with Gasteiger partial charge in [-0.3, -0.25) is 0 Å². The van der Waals surface area contributed by atoms with E-state index in [1.165, 1.54) is 35.6 Å². The number of phenolic OH excluding ortho intramolecular Hbond substituents is 1. The van der Waals surface area contributed by atoms with E-state index in [2.05, 4.69) is 30.0 Å². The molecule has 0 bridgehead atoms. The zero-order valence-corrected chi connectivity index (χ0v) is 10.8. The lowest BCUT2D eigenvalue weighted by atomic mass is 10.0. The third-order valence-electron chi connectivity index (χ3n) is 3.80. The number of aromatic hydroxyl groups is 1. The van der Waals surface area contributed by atoms with Crippen LogP contribution in [0.3, 0.4) is 0 Å². The van der Waals surface area contributed by atoms with Crippen LogP contribution in [0.4, 0.5) is 5.69 Å². The predicted molar refractivity (Wildman–Crippen MR) is 76.4 cm³/mol. The lowest BCUT2D eigenvalue weighted by molar-refractivity contribution is 0.470. The third-order valence-corrected chi connectivity index (χ3v) is 3.80. The molecule has 1 aliphatic heterocycles. The molecular weight excluding hydrogens is 222 g/mol. The fraction of sp³-hybridized carbons (Fsp3) is 0.375. The first-order valence-electron chi connectivity index (χ1n) is 6.73. The lowest BCUT2D eigenvalue weighted by Gasteiger charge is -2.30. The van der Waals surface area contributed by atoms with Gasteiger partial charge in [-0.05, 0) is 37.6 Å². The molecule has 18 heavy (non-hydrogen) atoms. The van der Waals surface area contributed by atoms with Gasteiger partial charge in [0.05, 0.1) is 5.69 Å². The van der Waals surface area contributed by atoms with E-state index >= 15 is 0 Å². The highest BCUT2D eigenvalue weighted by molar-refractivity contribution is 5.97. The van der Waals surface area contributed by atoms with E-state index in [4.69, 9.17) is 0 Å². The first-order valence-corrected chi connectivity index (χ1v) is 6.73. The number of hydrogen-bond acceptors (Lipinski definition) is 2. The molecule has 2 nitrogen and oxygen atoms in total. The molecule has 1 fully saturated rings. The van der Waals surface area contributed by atoms with Crippen molar-refractivity contribution in [1.82, 2.24) is 0 Å². The normalized spacial score (nSPS) is 16.2. The van der Waals surface area contributed by atoms with E-state index in [9.17, 15) is 5.11 Å². The highest BCUT2D eigenvalue weighted by Gasteiger charge is 2.17. The Balaban J connectivity index is 2.16. The van der Waals surface area contributed by atoms with E-state index in [-0.39, 0.29) is 0 Å². The number of aryl methyl sites for hydroxylation is 1. The topological polar surface area (TPSA) is 23.5 Å². The minimum absolute atomic E-state index is 0.410. The van der Waals surface area contributed by atoms with Crippen molar-refractivity contribution >= 4 is 16.5 Å². The number of hydrogen-bond donors (Lipinski definition) is 1. The molecule has 2 aromatic carbocycles. The summed E-state index contributed by atoms with van der Waals surface area (Å²) >= 11 is 0. The van der Waals surface area contributed by atoms with Gasteiger partial charge >= 0.3 is 0 Å².